The van der Waals surface area contributed by atoms with Gasteiger partial charge < -0.3 is 10.4 Å². The van der Waals surface area contributed by atoms with Crippen LogP contribution in [0.5, 0.6) is 0 Å². The van der Waals surface area contributed by atoms with Gasteiger partial charge in [-0.15, -0.1) is 0 Å². The smallest absolute Gasteiger partial charge is 0.325 e. The number of hydrogen-bond acceptors (Lipinski definition) is 10. The monoisotopic (exact) mass is 553 g/mol. The maximum atomic E-state index is 13.0. The van der Waals surface area contributed by atoms with Crippen molar-refractivity contribution in [3.05, 3.63) is 34.5 Å². The van der Waals surface area contributed by atoms with Gasteiger partial charge in [0.1, 0.15) is 0 Å². The summed E-state index contributed by atoms with van der Waals surface area (Å²) in [6.45, 7) is 0. The summed E-state index contributed by atoms with van der Waals surface area (Å²) in [5.74, 6) is -1.58. The number of anilines is 2. The largest absolute Gasteiger partial charge is 0.481 e. The maximum Gasteiger partial charge on any atom is 0.325 e. The Morgan fingerprint density at radius 2 is 1.94 bits per heavy atom. The number of sulfone groups is 1. The van der Waals surface area contributed by atoms with Crippen LogP contribution in [0, 0.1) is 5.92 Å². The number of carbonyl (C=O) groups excluding carboxylic acids is 2. The molecule has 1 aromatic carbocycles. The van der Waals surface area contributed by atoms with Crippen molar-refractivity contribution >= 4 is 61.4 Å². The van der Waals surface area contributed by atoms with E-state index in [-0.39, 0.29) is 33.8 Å². The Labute approximate surface area is 213 Å². The predicted molar refractivity (Wildman–Crippen MR) is 128 cm³/mol. The van der Waals surface area contributed by atoms with E-state index in [9.17, 15) is 27.9 Å². The number of amides is 2. The normalized spacial score (nSPS) is 14.1. The Morgan fingerprint density at radius 3 is 2.58 bits per heavy atom. The fraction of sp³-hybridized carbons (Fsp3) is 0.350. The van der Waals surface area contributed by atoms with Crippen molar-refractivity contribution < 1.29 is 27.9 Å². The number of benzene rings is 1. The van der Waals surface area contributed by atoms with E-state index >= 15 is 0 Å². The molecule has 4 rings (SSSR count). The number of rotatable bonds is 8. The van der Waals surface area contributed by atoms with Crippen molar-refractivity contribution in [3.8, 4) is 0 Å². The minimum Gasteiger partial charge on any atom is -0.481 e. The number of carboxylic acid groups (broad SMARTS) is 1. The SMILES string of the molecule is Cn1nnnc1S(=O)(=O)c1sc(NC(=O)Nc2ccc(Cl)cc2C(=O)C2CCCC2)nc1CC(=O)O. The van der Waals surface area contributed by atoms with Crippen LogP contribution in [-0.4, -0.2) is 56.5 Å². The molecule has 16 heteroatoms. The molecule has 0 radical (unpaired) electrons. The van der Waals surface area contributed by atoms with Gasteiger partial charge in [0.15, 0.2) is 15.1 Å². The molecule has 1 saturated carbocycles. The first kappa shape index (κ1) is 25.7. The first-order valence-electron chi connectivity index (χ1n) is 10.7. The molecule has 2 heterocycles. The average Bonchev–Trinajstić information content (AvgIpc) is 3.56. The number of ketones is 1. The van der Waals surface area contributed by atoms with Crippen LogP contribution in [-0.2, 0) is 28.1 Å². The van der Waals surface area contributed by atoms with Crippen molar-refractivity contribution in [2.45, 2.75) is 41.5 Å². The zero-order chi connectivity index (χ0) is 26.0. The number of halogens is 1. The van der Waals surface area contributed by atoms with Gasteiger partial charge in [-0.05, 0) is 41.5 Å². The van der Waals surface area contributed by atoms with E-state index in [0.717, 1.165) is 30.4 Å². The number of aliphatic carboxylic acids is 1. The van der Waals surface area contributed by atoms with Gasteiger partial charge in [0.2, 0.25) is 0 Å². The molecule has 3 aromatic rings. The number of Topliss-reactive ketones (excluding diaryl/α,β-unsaturated/α-hetero) is 1. The van der Waals surface area contributed by atoms with E-state index < -0.39 is 37.6 Å². The number of nitrogens with zero attached hydrogens (tertiary/aromatic N) is 5. The summed E-state index contributed by atoms with van der Waals surface area (Å²) >= 11 is 6.64. The summed E-state index contributed by atoms with van der Waals surface area (Å²) in [4.78, 5) is 41.0. The lowest BCUT2D eigenvalue weighted by molar-refractivity contribution is -0.136. The van der Waals surface area contributed by atoms with Crippen LogP contribution in [0.1, 0.15) is 41.7 Å². The number of aromatic nitrogens is 5. The highest BCUT2D eigenvalue weighted by atomic mass is 35.5. The minimum atomic E-state index is -4.32. The summed E-state index contributed by atoms with van der Waals surface area (Å²) in [6.07, 6.45) is 2.73. The maximum absolute atomic E-state index is 13.0. The molecule has 0 bridgehead atoms. The number of hydrogen-bond donors (Lipinski definition) is 3. The third kappa shape index (κ3) is 5.37. The Hall–Kier alpha value is -3.43. The molecule has 1 aliphatic carbocycles. The number of urea groups is 1. The van der Waals surface area contributed by atoms with Gasteiger partial charge in [0, 0.05) is 23.6 Å². The van der Waals surface area contributed by atoms with Crippen LogP contribution >= 0.6 is 22.9 Å². The van der Waals surface area contributed by atoms with E-state index in [2.05, 4.69) is 31.1 Å². The summed E-state index contributed by atoms with van der Waals surface area (Å²) in [7, 11) is -3.01. The molecule has 3 N–H and O–H groups in total. The molecule has 0 spiro atoms. The van der Waals surface area contributed by atoms with Crippen LogP contribution in [0.3, 0.4) is 0 Å². The second-order valence-corrected chi connectivity index (χ2v) is 11.5. The molecule has 0 unspecified atom stereocenters. The van der Waals surface area contributed by atoms with Crippen LogP contribution in [0.2, 0.25) is 5.02 Å². The number of tetrazole rings is 1. The second-order valence-electron chi connectivity index (χ2n) is 8.03. The quantitative estimate of drug-likeness (QED) is 0.350. The van der Waals surface area contributed by atoms with Gasteiger partial charge in [-0.1, -0.05) is 40.9 Å². The number of thiazole rings is 1. The number of aryl methyl sites for hydroxylation is 1. The van der Waals surface area contributed by atoms with Crippen molar-refractivity contribution in [1.29, 1.82) is 0 Å². The molecule has 1 aliphatic rings. The van der Waals surface area contributed by atoms with Crippen molar-refractivity contribution in [2.75, 3.05) is 10.6 Å². The van der Waals surface area contributed by atoms with E-state index in [4.69, 9.17) is 11.6 Å². The summed E-state index contributed by atoms with van der Waals surface area (Å²) < 4.78 is 26.5. The Bertz CT molecular complexity index is 1450. The van der Waals surface area contributed by atoms with Gasteiger partial charge >= 0.3 is 12.0 Å². The zero-order valence-electron chi connectivity index (χ0n) is 18.8. The Balaban J connectivity index is 1.59. The first-order chi connectivity index (χ1) is 17.1. The average molecular weight is 554 g/mol. The number of carboxylic acids is 1. The van der Waals surface area contributed by atoms with Crippen molar-refractivity contribution in [3.63, 3.8) is 0 Å². The van der Waals surface area contributed by atoms with Crippen molar-refractivity contribution in [2.24, 2.45) is 13.0 Å². The molecule has 1 fully saturated rings. The van der Waals surface area contributed by atoms with Gasteiger partial charge in [-0.25, -0.2) is 22.9 Å². The van der Waals surface area contributed by atoms with Crippen molar-refractivity contribution in [1.82, 2.24) is 25.2 Å². The molecule has 2 aromatic heterocycles. The summed E-state index contributed by atoms with van der Waals surface area (Å²) in [6, 6.07) is 3.71. The fourth-order valence-corrected chi connectivity index (χ4v) is 6.78. The van der Waals surface area contributed by atoms with E-state index in [1.54, 1.807) is 0 Å². The van der Waals surface area contributed by atoms with E-state index in [1.165, 1.54) is 25.2 Å². The topological polar surface area (TPSA) is 186 Å². The molecular weight excluding hydrogens is 534 g/mol. The fourth-order valence-electron chi connectivity index (χ4n) is 3.88. The van der Waals surface area contributed by atoms with Crippen LogP contribution in [0.4, 0.5) is 15.6 Å². The molecule has 0 aliphatic heterocycles. The molecular formula is C20H20ClN7O6S2. The van der Waals surface area contributed by atoms with E-state index in [0.29, 0.717) is 16.4 Å². The standard InChI is InChI=1S/C20H20ClN7O6S2/c1-28-20(25-26-27-28)36(33,34)17-14(9-15(29)30)23-19(35-17)24-18(32)22-13-7-6-11(21)8-12(13)16(31)10-4-2-3-5-10/h6-8,10H,2-5,9H2,1H3,(H,29,30)(H2,22,23,24,32). The zero-order valence-corrected chi connectivity index (χ0v) is 21.2. The van der Waals surface area contributed by atoms with Crippen LogP contribution < -0.4 is 10.6 Å². The lowest BCUT2D eigenvalue weighted by atomic mass is 9.95. The summed E-state index contributed by atoms with van der Waals surface area (Å²) in [5, 5.41) is 24.1. The van der Waals surface area contributed by atoms with Crippen LogP contribution in [0.25, 0.3) is 0 Å². The highest BCUT2D eigenvalue weighted by molar-refractivity contribution is 7.93. The predicted octanol–water partition coefficient (Wildman–Crippen LogP) is 2.80. The molecule has 2 amide bonds. The third-order valence-electron chi connectivity index (χ3n) is 5.49. The van der Waals surface area contributed by atoms with Crippen LogP contribution in [0.15, 0.2) is 27.6 Å². The second kappa shape index (κ2) is 10.3. The molecule has 0 saturated heterocycles. The molecule has 190 valence electrons. The Morgan fingerprint density at radius 1 is 1.22 bits per heavy atom. The minimum absolute atomic E-state index is 0.117. The van der Waals surface area contributed by atoms with Gasteiger partial charge in [-0.3, -0.25) is 14.9 Å². The van der Waals surface area contributed by atoms with Gasteiger partial charge in [-0.2, -0.15) is 0 Å². The molecule has 0 atom stereocenters. The van der Waals surface area contributed by atoms with E-state index in [1.807, 2.05) is 0 Å². The highest BCUT2D eigenvalue weighted by Crippen LogP contribution is 2.33. The lowest BCUT2D eigenvalue weighted by Crippen LogP contribution is -2.22. The lowest BCUT2D eigenvalue weighted by Gasteiger charge is -2.14. The first-order valence-corrected chi connectivity index (χ1v) is 13.3. The van der Waals surface area contributed by atoms with Gasteiger partial charge in [0.25, 0.3) is 15.0 Å². The Kier molecular flexibility index (Phi) is 7.33. The molecule has 36 heavy (non-hydrogen) atoms. The number of carbonyl (C=O) groups is 3. The summed E-state index contributed by atoms with van der Waals surface area (Å²) in [5.41, 5.74) is 0.219. The van der Waals surface area contributed by atoms with Gasteiger partial charge in [0.05, 0.1) is 17.8 Å². The highest BCUT2D eigenvalue weighted by Gasteiger charge is 2.32. The molecule has 13 nitrogen and oxygen atoms in total. The third-order valence-corrected chi connectivity index (χ3v) is 8.99. The number of nitrogens with one attached hydrogen (secondary N) is 2.